The molecule has 0 aliphatic carbocycles. The molecule has 0 atom stereocenters. The molecule has 0 radical (unpaired) electrons. The van der Waals surface area contributed by atoms with Gasteiger partial charge in [-0.25, -0.2) is 4.79 Å². The molecule has 1 saturated heterocycles. The predicted octanol–water partition coefficient (Wildman–Crippen LogP) is 3.39. The van der Waals surface area contributed by atoms with Gasteiger partial charge in [0.25, 0.3) is 0 Å². The van der Waals surface area contributed by atoms with Crippen molar-refractivity contribution < 1.29 is 9.32 Å². The number of quaternary nitrogens is 1. The van der Waals surface area contributed by atoms with Gasteiger partial charge >= 0.3 is 5.63 Å². The normalized spacial score (nSPS) is 20.0. The van der Waals surface area contributed by atoms with Crippen LogP contribution in [0.15, 0.2) is 63.8 Å². The fourth-order valence-electron chi connectivity index (χ4n) is 4.32. The minimum atomic E-state index is -0.232. The van der Waals surface area contributed by atoms with Crippen LogP contribution in [0.1, 0.15) is 36.5 Å². The topological polar surface area (TPSA) is 34.7 Å². The van der Waals surface area contributed by atoms with Crippen LogP contribution in [0.5, 0.6) is 0 Å². The summed E-state index contributed by atoms with van der Waals surface area (Å²) in [4.78, 5) is 13.6. The highest BCUT2D eigenvalue weighted by Crippen LogP contribution is 2.20. The molecule has 0 spiro atoms. The van der Waals surface area contributed by atoms with E-state index in [1.807, 2.05) is 6.07 Å². The molecule has 4 rings (SSSR count). The number of hydrogen-bond donors (Lipinski definition) is 1. The molecular formula is C24H28NO2+. The highest BCUT2D eigenvalue weighted by Gasteiger charge is 2.23. The lowest BCUT2D eigenvalue weighted by atomic mass is 9.90. The van der Waals surface area contributed by atoms with Crippen LogP contribution in [0.25, 0.3) is 11.0 Å². The van der Waals surface area contributed by atoms with Gasteiger partial charge in [-0.3, -0.25) is 0 Å². The summed E-state index contributed by atoms with van der Waals surface area (Å²) in [6.07, 6.45) is 4.64. The molecule has 27 heavy (non-hydrogen) atoms. The van der Waals surface area contributed by atoms with Gasteiger partial charge in [-0.2, -0.15) is 0 Å². The maximum Gasteiger partial charge on any atom is 0.336 e. The summed E-state index contributed by atoms with van der Waals surface area (Å²) in [5, 5.41) is 1.09. The molecule has 1 aliphatic rings. The molecular weight excluding hydrogens is 334 g/mol. The Morgan fingerprint density at radius 1 is 1.00 bits per heavy atom. The lowest BCUT2D eigenvalue weighted by Crippen LogP contribution is -3.11. The lowest BCUT2D eigenvalue weighted by molar-refractivity contribution is -0.919. The van der Waals surface area contributed by atoms with E-state index in [0.717, 1.165) is 35.4 Å². The van der Waals surface area contributed by atoms with Crippen molar-refractivity contribution in [2.24, 2.45) is 5.92 Å². The van der Waals surface area contributed by atoms with E-state index in [4.69, 9.17) is 4.42 Å². The Balaban J connectivity index is 1.44. The van der Waals surface area contributed by atoms with Gasteiger partial charge < -0.3 is 9.32 Å². The summed E-state index contributed by atoms with van der Waals surface area (Å²) in [7, 11) is 0. The van der Waals surface area contributed by atoms with Crippen molar-refractivity contribution in [1.82, 2.24) is 0 Å². The van der Waals surface area contributed by atoms with Gasteiger partial charge in [0.15, 0.2) is 0 Å². The van der Waals surface area contributed by atoms with E-state index < -0.39 is 0 Å². The molecule has 1 aliphatic heterocycles. The molecule has 0 unspecified atom stereocenters. The molecule has 1 fully saturated rings. The Bertz CT molecular complexity index is 953. The number of aryl methyl sites for hydroxylation is 1. The van der Waals surface area contributed by atoms with Crippen LogP contribution in [-0.2, 0) is 19.4 Å². The quantitative estimate of drug-likeness (QED) is 0.706. The van der Waals surface area contributed by atoms with E-state index in [2.05, 4.69) is 49.4 Å². The molecule has 1 aromatic heterocycles. The molecule has 2 heterocycles. The van der Waals surface area contributed by atoms with E-state index in [1.165, 1.54) is 43.5 Å². The van der Waals surface area contributed by atoms with Crippen LogP contribution in [0, 0.1) is 5.92 Å². The van der Waals surface area contributed by atoms with Crippen molar-refractivity contribution in [3.05, 3.63) is 81.7 Å². The van der Waals surface area contributed by atoms with Crippen LogP contribution in [0.4, 0.5) is 0 Å². The first-order valence-corrected chi connectivity index (χ1v) is 10.1. The molecule has 3 aromatic rings. The minimum absolute atomic E-state index is 0.232. The fourth-order valence-corrected chi connectivity index (χ4v) is 4.32. The van der Waals surface area contributed by atoms with E-state index in [-0.39, 0.29) is 5.63 Å². The largest absolute Gasteiger partial charge is 0.423 e. The Kier molecular flexibility index (Phi) is 5.40. The lowest BCUT2D eigenvalue weighted by Gasteiger charge is -2.29. The van der Waals surface area contributed by atoms with Crippen molar-refractivity contribution in [3.63, 3.8) is 0 Å². The highest BCUT2D eigenvalue weighted by molar-refractivity contribution is 5.80. The number of nitrogens with one attached hydrogen (secondary N) is 1. The van der Waals surface area contributed by atoms with Gasteiger partial charge in [-0.15, -0.1) is 0 Å². The fraction of sp³-hybridized carbons (Fsp3) is 0.375. The molecule has 0 saturated carbocycles. The molecule has 3 nitrogen and oxygen atoms in total. The monoisotopic (exact) mass is 362 g/mol. The molecule has 0 bridgehead atoms. The SMILES string of the molecule is CCc1ccc2c(C[NH+]3CCC(Cc4ccccc4)CC3)cc(=O)oc2c1. The number of hydrogen-bond acceptors (Lipinski definition) is 2. The van der Waals surface area contributed by atoms with E-state index >= 15 is 0 Å². The number of fused-ring (bicyclic) bond motifs is 1. The second kappa shape index (κ2) is 8.10. The zero-order valence-electron chi connectivity index (χ0n) is 16.0. The van der Waals surface area contributed by atoms with Crippen molar-refractivity contribution in [2.45, 2.75) is 39.2 Å². The van der Waals surface area contributed by atoms with E-state index in [0.29, 0.717) is 0 Å². The van der Waals surface area contributed by atoms with Crippen molar-refractivity contribution in [2.75, 3.05) is 13.1 Å². The standard InChI is InChI=1S/C24H27NO2/c1-2-18-8-9-22-21(16-24(26)27-23(22)15-18)17-25-12-10-20(11-13-25)14-19-6-4-3-5-7-19/h3-9,15-16,20H,2,10-14,17H2,1H3/p+1. The average Bonchev–Trinajstić information content (AvgIpc) is 2.69. The summed E-state index contributed by atoms with van der Waals surface area (Å²) < 4.78 is 5.45. The van der Waals surface area contributed by atoms with Gasteiger partial charge in [-0.1, -0.05) is 49.4 Å². The van der Waals surface area contributed by atoms with Gasteiger partial charge in [0.2, 0.25) is 0 Å². The summed E-state index contributed by atoms with van der Waals surface area (Å²) in [5.74, 6) is 0.779. The van der Waals surface area contributed by atoms with Crippen molar-refractivity contribution >= 4 is 11.0 Å². The number of benzene rings is 2. The van der Waals surface area contributed by atoms with Crippen LogP contribution in [-0.4, -0.2) is 13.1 Å². The molecule has 1 N–H and O–H groups in total. The van der Waals surface area contributed by atoms with Crippen LogP contribution in [0.2, 0.25) is 0 Å². The number of rotatable bonds is 5. The summed E-state index contributed by atoms with van der Waals surface area (Å²) in [6.45, 7) is 5.37. The van der Waals surface area contributed by atoms with Gasteiger partial charge in [0.05, 0.1) is 13.1 Å². The second-order valence-corrected chi connectivity index (χ2v) is 7.83. The van der Waals surface area contributed by atoms with Crippen molar-refractivity contribution in [3.8, 4) is 0 Å². The predicted molar refractivity (Wildman–Crippen MR) is 109 cm³/mol. The molecule has 0 amide bonds. The van der Waals surface area contributed by atoms with Crippen LogP contribution < -0.4 is 10.5 Å². The Morgan fingerprint density at radius 3 is 2.52 bits per heavy atom. The van der Waals surface area contributed by atoms with Crippen LogP contribution in [0.3, 0.4) is 0 Å². The zero-order valence-corrected chi connectivity index (χ0v) is 16.0. The molecule has 140 valence electrons. The van der Waals surface area contributed by atoms with Crippen LogP contribution >= 0.6 is 0 Å². The van der Waals surface area contributed by atoms with Gasteiger partial charge in [0, 0.05) is 17.0 Å². The number of piperidine rings is 1. The second-order valence-electron chi connectivity index (χ2n) is 7.83. The summed E-state index contributed by atoms with van der Waals surface area (Å²) in [6, 6.07) is 18.8. The first kappa shape index (κ1) is 18.0. The molecule has 2 aromatic carbocycles. The smallest absolute Gasteiger partial charge is 0.336 e. The first-order chi connectivity index (χ1) is 13.2. The average molecular weight is 362 g/mol. The maximum atomic E-state index is 12.0. The Labute approximate surface area is 160 Å². The zero-order chi connectivity index (χ0) is 18.6. The summed E-state index contributed by atoms with van der Waals surface area (Å²) in [5.41, 5.74) is 4.28. The van der Waals surface area contributed by atoms with E-state index in [9.17, 15) is 4.79 Å². The Hall–Kier alpha value is -2.39. The highest BCUT2D eigenvalue weighted by atomic mass is 16.4. The van der Waals surface area contributed by atoms with Gasteiger partial charge in [0.1, 0.15) is 12.1 Å². The first-order valence-electron chi connectivity index (χ1n) is 10.1. The molecule has 3 heteroatoms. The third-order valence-corrected chi connectivity index (χ3v) is 5.92. The van der Waals surface area contributed by atoms with Crippen molar-refractivity contribution in [1.29, 1.82) is 0 Å². The Morgan fingerprint density at radius 2 is 1.78 bits per heavy atom. The maximum absolute atomic E-state index is 12.0. The van der Waals surface area contributed by atoms with Gasteiger partial charge in [-0.05, 0) is 48.8 Å². The minimum Gasteiger partial charge on any atom is -0.423 e. The third-order valence-electron chi connectivity index (χ3n) is 5.92. The van der Waals surface area contributed by atoms with E-state index in [1.54, 1.807) is 11.0 Å². The summed E-state index contributed by atoms with van der Waals surface area (Å²) >= 11 is 0. The number of likely N-dealkylation sites (tertiary alicyclic amines) is 1. The third kappa shape index (κ3) is 4.30.